The fourth-order valence-corrected chi connectivity index (χ4v) is 1.98. The number of amides is 2. The maximum absolute atomic E-state index is 11.5. The highest BCUT2D eigenvalue weighted by Gasteiger charge is 2.21. The summed E-state index contributed by atoms with van der Waals surface area (Å²) in [7, 11) is 2.05. The van der Waals surface area contributed by atoms with E-state index in [-0.39, 0.29) is 0 Å². The summed E-state index contributed by atoms with van der Waals surface area (Å²) in [6, 6.07) is -1.20. The average Bonchev–Trinajstić information content (AvgIpc) is 2.68. The Morgan fingerprint density at radius 1 is 1.53 bits per heavy atom. The van der Waals surface area contributed by atoms with E-state index in [0.29, 0.717) is 18.9 Å². The maximum atomic E-state index is 11.5. The van der Waals surface area contributed by atoms with Gasteiger partial charge in [0.1, 0.15) is 6.04 Å². The number of carbonyl (C=O) groups is 2. The fraction of sp³-hybridized carbons (Fsp3) is 0.818. The van der Waals surface area contributed by atoms with E-state index >= 15 is 0 Å². The normalized spacial score (nSPS) is 22.1. The molecule has 2 atom stereocenters. The number of urea groups is 1. The van der Waals surface area contributed by atoms with Crippen LogP contribution in [0, 0.1) is 5.92 Å². The van der Waals surface area contributed by atoms with Gasteiger partial charge < -0.3 is 20.6 Å². The van der Waals surface area contributed by atoms with Crippen molar-refractivity contribution in [2.24, 2.45) is 5.92 Å². The van der Waals surface area contributed by atoms with Crippen LogP contribution >= 0.6 is 0 Å². The predicted molar refractivity (Wildman–Crippen MR) is 63.9 cm³/mol. The number of carboxylic acid groups (broad SMARTS) is 1. The molecule has 2 amide bonds. The molecule has 0 radical (unpaired) electrons. The third-order valence-electron chi connectivity index (χ3n) is 3.05. The number of rotatable bonds is 5. The minimum atomic E-state index is -0.997. The molecule has 1 heterocycles. The molecule has 17 heavy (non-hydrogen) atoms. The second kappa shape index (κ2) is 6.44. The molecule has 6 heteroatoms. The Labute approximate surface area is 101 Å². The Hall–Kier alpha value is -1.30. The van der Waals surface area contributed by atoms with E-state index in [1.165, 1.54) is 0 Å². The smallest absolute Gasteiger partial charge is 0.326 e. The van der Waals surface area contributed by atoms with Crippen LogP contribution < -0.4 is 10.6 Å². The van der Waals surface area contributed by atoms with Gasteiger partial charge >= 0.3 is 12.0 Å². The molecule has 1 rings (SSSR count). The number of hydrogen-bond acceptors (Lipinski definition) is 3. The Morgan fingerprint density at radius 2 is 2.24 bits per heavy atom. The van der Waals surface area contributed by atoms with Crippen molar-refractivity contribution in [2.75, 3.05) is 26.7 Å². The first-order valence-electron chi connectivity index (χ1n) is 5.98. The lowest BCUT2D eigenvalue weighted by Crippen LogP contribution is -2.46. The minimum Gasteiger partial charge on any atom is -0.480 e. The third-order valence-corrected chi connectivity index (χ3v) is 3.05. The Balaban J connectivity index is 2.23. The van der Waals surface area contributed by atoms with Crippen LogP contribution in [-0.2, 0) is 4.79 Å². The Bertz CT molecular complexity index is 283. The number of nitrogens with one attached hydrogen (secondary N) is 2. The van der Waals surface area contributed by atoms with E-state index in [1.807, 2.05) is 0 Å². The standard InChI is InChI=1S/C11H21N3O3/c1-3-9(10(15)16)13-11(17)12-6-8-4-5-14(2)7-8/h8-9H,3-7H2,1-2H3,(H,15,16)(H2,12,13,17)/t8?,9-/m1/s1. The van der Waals surface area contributed by atoms with E-state index in [9.17, 15) is 9.59 Å². The van der Waals surface area contributed by atoms with E-state index in [1.54, 1.807) is 6.92 Å². The zero-order valence-corrected chi connectivity index (χ0v) is 10.4. The van der Waals surface area contributed by atoms with E-state index < -0.39 is 18.0 Å². The number of carbonyl (C=O) groups excluding carboxylic acids is 1. The number of nitrogens with zero attached hydrogens (tertiary/aromatic N) is 1. The second-order valence-electron chi connectivity index (χ2n) is 4.57. The average molecular weight is 243 g/mol. The SMILES string of the molecule is CC[C@@H](NC(=O)NCC1CCN(C)C1)C(=O)O. The topological polar surface area (TPSA) is 81.7 Å². The van der Waals surface area contributed by atoms with Crippen LogP contribution in [0.5, 0.6) is 0 Å². The van der Waals surface area contributed by atoms with Crippen molar-refractivity contribution in [1.29, 1.82) is 0 Å². The molecule has 0 saturated carbocycles. The molecule has 0 aromatic heterocycles. The van der Waals surface area contributed by atoms with Gasteiger partial charge in [0.15, 0.2) is 0 Å². The second-order valence-corrected chi connectivity index (χ2v) is 4.57. The van der Waals surface area contributed by atoms with Gasteiger partial charge in [-0.2, -0.15) is 0 Å². The van der Waals surface area contributed by atoms with Gasteiger partial charge in [-0.15, -0.1) is 0 Å². The third kappa shape index (κ3) is 4.60. The summed E-state index contributed by atoms with van der Waals surface area (Å²) < 4.78 is 0. The zero-order valence-electron chi connectivity index (χ0n) is 10.4. The van der Waals surface area contributed by atoms with Crippen LogP contribution in [-0.4, -0.2) is 54.7 Å². The van der Waals surface area contributed by atoms with Crippen molar-refractivity contribution in [1.82, 2.24) is 15.5 Å². The van der Waals surface area contributed by atoms with Gasteiger partial charge in [0, 0.05) is 13.1 Å². The van der Waals surface area contributed by atoms with Gasteiger partial charge in [-0.3, -0.25) is 0 Å². The lowest BCUT2D eigenvalue weighted by atomic mass is 10.1. The van der Waals surface area contributed by atoms with E-state index in [4.69, 9.17) is 5.11 Å². The molecule has 0 spiro atoms. The highest BCUT2D eigenvalue weighted by Crippen LogP contribution is 2.12. The van der Waals surface area contributed by atoms with Crippen molar-refractivity contribution >= 4 is 12.0 Å². The summed E-state index contributed by atoms with van der Waals surface area (Å²) >= 11 is 0. The van der Waals surface area contributed by atoms with E-state index in [0.717, 1.165) is 19.5 Å². The quantitative estimate of drug-likeness (QED) is 0.639. The summed E-state index contributed by atoms with van der Waals surface area (Å²) in [4.78, 5) is 24.4. The Kier molecular flexibility index (Phi) is 5.21. The van der Waals surface area contributed by atoms with Gasteiger partial charge in [0.05, 0.1) is 0 Å². The van der Waals surface area contributed by atoms with Gasteiger partial charge in [0.25, 0.3) is 0 Å². The van der Waals surface area contributed by atoms with Gasteiger partial charge in [-0.25, -0.2) is 9.59 Å². The molecule has 0 aromatic carbocycles. The van der Waals surface area contributed by atoms with Crippen LogP contribution in [0.15, 0.2) is 0 Å². The minimum absolute atomic E-state index is 0.384. The van der Waals surface area contributed by atoms with Crippen LogP contribution in [0.1, 0.15) is 19.8 Å². The van der Waals surface area contributed by atoms with Crippen molar-refractivity contribution in [3.05, 3.63) is 0 Å². The molecule has 1 aliphatic heterocycles. The first-order chi connectivity index (χ1) is 8.02. The van der Waals surface area contributed by atoms with Gasteiger partial charge in [-0.05, 0) is 32.4 Å². The molecule has 3 N–H and O–H groups in total. The highest BCUT2D eigenvalue weighted by atomic mass is 16.4. The van der Waals surface area contributed by atoms with Crippen molar-refractivity contribution in [3.63, 3.8) is 0 Å². The van der Waals surface area contributed by atoms with E-state index in [2.05, 4.69) is 22.6 Å². The predicted octanol–water partition coefficient (Wildman–Crippen LogP) is 0.101. The summed E-state index contributed by atoms with van der Waals surface area (Å²) in [5.74, 6) is -0.529. The number of hydrogen-bond donors (Lipinski definition) is 3. The molecule has 1 unspecified atom stereocenters. The summed E-state index contributed by atoms with van der Waals surface area (Å²) in [5, 5.41) is 14.0. The van der Waals surface area contributed by atoms with Gasteiger partial charge in [0.2, 0.25) is 0 Å². The molecule has 1 aliphatic rings. The molecule has 6 nitrogen and oxygen atoms in total. The molecular weight excluding hydrogens is 222 g/mol. The summed E-state index contributed by atoms with van der Waals surface area (Å²) in [6.07, 6.45) is 1.46. The molecular formula is C11H21N3O3. The maximum Gasteiger partial charge on any atom is 0.326 e. The molecule has 0 bridgehead atoms. The molecule has 98 valence electrons. The van der Waals surface area contributed by atoms with Gasteiger partial charge in [-0.1, -0.05) is 6.92 Å². The van der Waals surface area contributed by atoms with Crippen molar-refractivity contribution < 1.29 is 14.7 Å². The van der Waals surface area contributed by atoms with Crippen LogP contribution in [0.25, 0.3) is 0 Å². The number of carboxylic acids is 1. The summed E-state index contributed by atoms with van der Waals surface area (Å²) in [6.45, 7) is 4.37. The first kappa shape index (κ1) is 13.8. The van der Waals surface area contributed by atoms with Crippen molar-refractivity contribution in [3.8, 4) is 0 Å². The van der Waals surface area contributed by atoms with Crippen LogP contribution in [0.4, 0.5) is 4.79 Å². The highest BCUT2D eigenvalue weighted by molar-refractivity contribution is 5.82. The van der Waals surface area contributed by atoms with Crippen LogP contribution in [0.3, 0.4) is 0 Å². The summed E-state index contributed by atoms with van der Waals surface area (Å²) in [5.41, 5.74) is 0. The molecule has 0 aromatic rings. The Morgan fingerprint density at radius 3 is 2.71 bits per heavy atom. The largest absolute Gasteiger partial charge is 0.480 e. The molecule has 0 aliphatic carbocycles. The fourth-order valence-electron chi connectivity index (χ4n) is 1.98. The number of likely N-dealkylation sites (tertiary alicyclic amines) is 1. The molecule has 1 saturated heterocycles. The van der Waals surface area contributed by atoms with Crippen molar-refractivity contribution in [2.45, 2.75) is 25.8 Å². The lowest BCUT2D eigenvalue weighted by Gasteiger charge is -2.15. The number of aliphatic carboxylic acids is 1. The lowest BCUT2D eigenvalue weighted by molar-refractivity contribution is -0.139. The monoisotopic (exact) mass is 243 g/mol. The van der Waals surface area contributed by atoms with Crippen LogP contribution in [0.2, 0.25) is 0 Å². The molecule has 1 fully saturated rings. The zero-order chi connectivity index (χ0) is 12.8. The first-order valence-corrected chi connectivity index (χ1v) is 5.98.